The monoisotopic (exact) mass is 263 g/mol. The van der Waals surface area contributed by atoms with Crippen molar-refractivity contribution in [3.8, 4) is 0 Å². The molecule has 0 bridgehead atoms. The van der Waals surface area contributed by atoms with Gasteiger partial charge in [-0.3, -0.25) is 9.48 Å². The highest BCUT2D eigenvalue weighted by molar-refractivity contribution is 5.79. The summed E-state index contributed by atoms with van der Waals surface area (Å²) in [6.45, 7) is 5.07. The minimum Gasteiger partial charge on any atom is -0.381 e. The quantitative estimate of drug-likeness (QED) is 0.824. The van der Waals surface area contributed by atoms with E-state index in [2.05, 4.69) is 10.00 Å². The minimum absolute atomic E-state index is 0.0833. The summed E-state index contributed by atoms with van der Waals surface area (Å²) in [4.78, 5) is 14.5. The van der Waals surface area contributed by atoms with Gasteiger partial charge in [0, 0.05) is 19.3 Å². The van der Waals surface area contributed by atoms with E-state index in [-0.39, 0.29) is 11.8 Å². The Morgan fingerprint density at radius 3 is 3.11 bits per heavy atom. The molecule has 2 aliphatic rings. The molecule has 5 nitrogen and oxygen atoms in total. The predicted molar refractivity (Wildman–Crippen MR) is 70.6 cm³/mol. The van der Waals surface area contributed by atoms with Crippen molar-refractivity contribution >= 4 is 5.91 Å². The van der Waals surface area contributed by atoms with E-state index in [1.54, 1.807) is 0 Å². The maximum absolute atomic E-state index is 12.5. The van der Waals surface area contributed by atoms with E-state index in [1.165, 1.54) is 5.56 Å². The summed E-state index contributed by atoms with van der Waals surface area (Å²) in [5, 5.41) is 4.32. The molecular weight excluding hydrogens is 242 g/mol. The second kappa shape index (κ2) is 5.33. The van der Waals surface area contributed by atoms with Crippen LogP contribution >= 0.6 is 0 Å². The number of hydrogen-bond donors (Lipinski definition) is 0. The molecule has 104 valence electrons. The zero-order valence-electron chi connectivity index (χ0n) is 11.4. The van der Waals surface area contributed by atoms with Crippen molar-refractivity contribution in [1.29, 1.82) is 0 Å². The average Bonchev–Trinajstić information content (AvgIpc) is 3.10. The van der Waals surface area contributed by atoms with Crippen LogP contribution in [0.25, 0.3) is 0 Å². The van der Waals surface area contributed by atoms with E-state index in [1.807, 2.05) is 24.0 Å². The summed E-state index contributed by atoms with van der Waals surface area (Å²) in [5.74, 6) is 0.365. The highest BCUT2D eigenvalue weighted by Gasteiger charge is 2.34. The molecule has 5 heteroatoms. The maximum Gasteiger partial charge on any atom is 0.228 e. The van der Waals surface area contributed by atoms with E-state index in [0.29, 0.717) is 12.6 Å². The van der Waals surface area contributed by atoms with Crippen LogP contribution in [0.1, 0.15) is 24.8 Å². The molecule has 2 saturated heterocycles. The number of likely N-dealkylation sites (tertiary alicyclic amines) is 1. The summed E-state index contributed by atoms with van der Waals surface area (Å²) in [5.41, 5.74) is 1.17. The van der Waals surface area contributed by atoms with Gasteiger partial charge < -0.3 is 9.64 Å². The molecule has 0 N–H and O–H groups in total. The van der Waals surface area contributed by atoms with Crippen LogP contribution in [0.3, 0.4) is 0 Å². The molecule has 0 spiro atoms. The Morgan fingerprint density at radius 2 is 2.42 bits per heavy atom. The molecule has 0 radical (unpaired) electrons. The van der Waals surface area contributed by atoms with Crippen molar-refractivity contribution in [1.82, 2.24) is 14.7 Å². The van der Waals surface area contributed by atoms with Gasteiger partial charge >= 0.3 is 0 Å². The lowest BCUT2D eigenvalue weighted by Gasteiger charge is -2.27. The Labute approximate surface area is 113 Å². The van der Waals surface area contributed by atoms with Gasteiger partial charge in [0.05, 0.1) is 31.3 Å². The Bertz CT molecular complexity index is 451. The van der Waals surface area contributed by atoms with E-state index in [9.17, 15) is 4.79 Å². The van der Waals surface area contributed by atoms with Gasteiger partial charge in [-0.1, -0.05) is 0 Å². The zero-order valence-corrected chi connectivity index (χ0v) is 11.4. The highest BCUT2D eigenvalue weighted by atomic mass is 16.5. The van der Waals surface area contributed by atoms with Crippen molar-refractivity contribution in [2.24, 2.45) is 5.92 Å². The fourth-order valence-electron chi connectivity index (χ4n) is 3.06. The Hall–Kier alpha value is -1.36. The van der Waals surface area contributed by atoms with Crippen LogP contribution in [-0.2, 0) is 16.1 Å². The third-order valence-corrected chi connectivity index (χ3v) is 4.10. The van der Waals surface area contributed by atoms with Crippen LogP contribution in [0.2, 0.25) is 0 Å². The van der Waals surface area contributed by atoms with Gasteiger partial charge in [0.25, 0.3) is 0 Å². The highest BCUT2D eigenvalue weighted by Crippen LogP contribution is 2.24. The van der Waals surface area contributed by atoms with Crippen molar-refractivity contribution in [3.05, 3.63) is 18.0 Å². The van der Waals surface area contributed by atoms with Crippen LogP contribution in [0.4, 0.5) is 0 Å². The Morgan fingerprint density at radius 1 is 1.53 bits per heavy atom. The first kappa shape index (κ1) is 12.7. The van der Waals surface area contributed by atoms with E-state index in [4.69, 9.17) is 4.74 Å². The van der Waals surface area contributed by atoms with Crippen LogP contribution in [0.15, 0.2) is 12.4 Å². The molecule has 1 aromatic rings. The molecule has 0 unspecified atom stereocenters. The van der Waals surface area contributed by atoms with Crippen molar-refractivity contribution in [2.75, 3.05) is 19.8 Å². The number of amides is 1. The Kier molecular flexibility index (Phi) is 3.55. The molecule has 1 amide bonds. The lowest BCUT2D eigenvalue weighted by molar-refractivity contribution is -0.136. The van der Waals surface area contributed by atoms with E-state index in [0.717, 1.165) is 39.0 Å². The molecule has 1 aromatic heterocycles. The maximum atomic E-state index is 12.5. The third kappa shape index (κ3) is 2.66. The van der Waals surface area contributed by atoms with Crippen LogP contribution in [-0.4, -0.2) is 46.4 Å². The fraction of sp³-hybridized carbons (Fsp3) is 0.714. The standard InChI is InChI=1S/C14H21N3O2/c1-11-7-15-16(8-11)9-13-3-2-5-17(13)14(18)12-4-6-19-10-12/h7-8,12-13H,2-6,9-10H2,1H3/t12-,13-/m0/s1. The minimum atomic E-state index is 0.0833. The number of aryl methyl sites for hydroxylation is 1. The molecule has 0 saturated carbocycles. The Balaban J connectivity index is 1.65. The SMILES string of the molecule is Cc1cnn(C[C@@H]2CCCN2C(=O)[C@H]2CCOC2)c1. The van der Waals surface area contributed by atoms with Gasteiger partial charge in [-0.05, 0) is 31.7 Å². The molecule has 0 aromatic carbocycles. The molecule has 2 fully saturated rings. The van der Waals surface area contributed by atoms with Crippen molar-refractivity contribution in [3.63, 3.8) is 0 Å². The molecule has 2 aliphatic heterocycles. The molecule has 0 aliphatic carbocycles. The third-order valence-electron chi connectivity index (χ3n) is 4.10. The molecule has 3 heterocycles. The summed E-state index contributed by atoms with van der Waals surface area (Å²) in [6.07, 6.45) is 6.97. The largest absolute Gasteiger partial charge is 0.381 e. The van der Waals surface area contributed by atoms with Gasteiger partial charge in [0.1, 0.15) is 0 Å². The zero-order chi connectivity index (χ0) is 13.2. The molecule has 19 heavy (non-hydrogen) atoms. The summed E-state index contributed by atoms with van der Waals surface area (Å²) >= 11 is 0. The number of rotatable bonds is 3. The number of hydrogen-bond acceptors (Lipinski definition) is 3. The molecular formula is C14H21N3O2. The number of aromatic nitrogens is 2. The first-order valence-corrected chi connectivity index (χ1v) is 7.11. The first-order chi connectivity index (χ1) is 9.24. The second-order valence-electron chi connectivity index (χ2n) is 5.63. The summed E-state index contributed by atoms with van der Waals surface area (Å²) in [7, 11) is 0. The van der Waals surface area contributed by atoms with Gasteiger partial charge in [0.15, 0.2) is 0 Å². The van der Waals surface area contributed by atoms with Crippen LogP contribution in [0.5, 0.6) is 0 Å². The number of carbonyl (C=O) groups is 1. The summed E-state index contributed by atoms with van der Waals surface area (Å²) < 4.78 is 7.28. The fourth-order valence-corrected chi connectivity index (χ4v) is 3.06. The first-order valence-electron chi connectivity index (χ1n) is 7.11. The van der Waals surface area contributed by atoms with Crippen LogP contribution in [0, 0.1) is 12.8 Å². The van der Waals surface area contributed by atoms with Gasteiger partial charge in [-0.15, -0.1) is 0 Å². The second-order valence-corrected chi connectivity index (χ2v) is 5.63. The molecule has 3 rings (SSSR count). The smallest absolute Gasteiger partial charge is 0.228 e. The van der Waals surface area contributed by atoms with Gasteiger partial charge in [-0.25, -0.2) is 0 Å². The van der Waals surface area contributed by atoms with Gasteiger partial charge in [0.2, 0.25) is 5.91 Å². The lowest BCUT2D eigenvalue weighted by Crippen LogP contribution is -2.41. The average molecular weight is 263 g/mol. The summed E-state index contributed by atoms with van der Waals surface area (Å²) in [6, 6.07) is 0.299. The molecule has 2 atom stereocenters. The lowest BCUT2D eigenvalue weighted by atomic mass is 10.1. The number of carbonyl (C=O) groups excluding carboxylic acids is 1. The van der Waals surface area contributed by atoms with Gasteiger partial charge in [-0.2, -0.15) is 5.10 Å². The van der Waals surface area contributed by atoms with Crippen molar-refractivity contribution in [2.45, 2.75) is 38.8 Å². The van der Waals surface area contributed by atoms with E-state index < -0.39 is 0 Å². The van der Waals surface area contributed by atoms with Crippen molar-refractivity contribution < 1.29 is 9.53 Å². The topological polar surface area (TPSA) is 47.4 Å². The van der Waals surface area contributed by atoms with E-state index >= 15 is 0 Å². The number of nitrogens with zero attached hydrogens (tertiary/aromatic N) is 3. The van der Waals surface area contributed by atoms with Crippen LogP contribution < -0.4 is 0 Å². The number of ether oxygens (including phenoxy) is 1. The predicted octanol–water partition coefficient (Wildman–Crippen LogP) is 1.22. The normalized spacial score (nSPS) is 27.1.